The molecule has 9 heteroatoms. The highest BCUT2D eigenvalue weighted by Crippen LogP contribution is 2.22. The number of rotatable bonds is 5. The second kappa shape index (κ2) is 7.73. The third-order valence-corrected chi connectivity index (χ3v) is 4.15. The SMILES string of the molecule is CN(C)C(=O)c1ccccc1C=NN=C1NC(=O)C(CC(=O)O)S1. The fourth-order valence-electron chi connectivity index (χ4n) is 1.93. The highest BCUT2D eigenvalue weighted by atomic mass is 32.2. The van der Waals surface area contributed by atoms with E-state index in [1.807, 2.05) is 0 Å². The van der Waals surface area contributed by atoms with Gasteiger partial charge < -0.3 is 15.3 Å². The molecule has 1 unspecified atom stereocenters. The summed E-state index contributed by atoms with van der Waals surface area (Å²) in [6.45, 7) is 0. The predicted octanol–water partition coefficient (Wildman–Crippen LogP) is 0.785. The smallest absolute Gasteiger partial charge is 0.305 e. The lowest BCUT2D eigenvalue weighted by Gasteiger charge is -2.11. The lowest BCUT2D eigenvalue weighted by molar-refractivity contribution is -0.138. The van der Waals surface area contributed by atoms with E-state index in [9.17, 15) is 14.4 Å². The molecule has 1 aliphatic rings. The average molecular weight is 348 g/mol. The second-order valence-electron chi connectivity index (χ2n) is 5.13. The van der Waals surface area contributed by atoms with Crippen LogP contribution in [0.5, 0.6) is 0 Å². The molecular weight excluding hydrogens is 332 g/mol. The summed E-state index contributed by atoms with van der Waals surface area (Å²) < 4.78 is 0. The van der Waals surface area contributed by atoms with Crippen LogP contribution in [0.15, 0.2) is 34.5 Å². The summed E-state index contributed by atoms with van der Waals surface area (Å²) >= 11 is 1.02. The molecule has 2 N–H and O–H groups in total. The molecule has 0 saturated carbocycles. The predicted molar refractivity (Wildman–Crippen MR) is 91.3 cm³/mol. The summed E-state index contributed by atoms with van der Waals surface area (Å²) in [4.78, 5) is 35.8. The van der Waals surface area contributed by atoms with E-state index >= 15 is 0 Å². The normalized spacial score (nSPS) is 18.8. The first-order valence-corrected chi connectivity index (χ1v) is 7.87. The van der Waals surface area contributed by atoms with Crippen LogP contribution < -0.4 is 5.32 Å². The molecule has 24 heavy (non-hydrogen) atoms. The molecule has 8 nitrogen and oxygen atoms in total. The maximum Gasteiger partial charge on any atom is 0.305 e. The fourth-order valence-corrected chi connectivity index (χ4v) is 2.85. The number of hydrogen-bond donors (Lipinski definition) is 2. The van der Waals surface area contributed by atoms with Gasteiger partial charge in [0.2, 0.25) is 5.91 Å². The number of aliphatic carboxylic acids is 1. The van der Waals surface area contributed by atoms with Gasteiger partial charge in [0.05, 0.1) is 12.6 Å². The van der Waals surface area contributed by atoms with Crippen LogP contribution in [0.25, 0.3) is 0 Å². The maximum atomic E-state index is 12.1. The zero-order chi connectivity index (χ0) is 17.7. The van der Waals surface area contributed by atoms with Gasteiger partial charge in [0.15, 0.2) is 5.17 Å². The number of nitrogens with zero attached hydrogens (tertiary/aromatic N) is 3. The van der Waals surface area contributed by atoms with Crippen molar-refractivity contribution in [2.24, 2.45) is 10.2 Å². The van der Waals surface area contributed by atoms with Gasteiger partial charge in [-0.3, -0.25) is 14.4 Å². The summed E-state index contributed by atoms with van der Waals surface area (Å²) in [6.07, 6.45) is 1.14. The standard InChI is InChI=1S/C15H16N4O4S/c1-19(2)14(23)10-6-4-3-5-9(10)8-16-18-15-17-13(22)11(24-15)7-12(20)21/h3-6,8,11H,7H2,1-2H3,(H,20,21)(H,17,18,22). The van der Waals surface area contributed by atoms with Crippen LogP contribution in [0.3, 0.4) is 0 Å². The van der Waals surface area contributed by atoms with Gasteiger partial charge in [0.1, 0.15) is 5.25 Å². The van der Waals surface area contributed by atoms with Gasteiger partial charge in [0, 0.05) is 25.2 Å². The van der Waals surface area contributed by atoms with Crippen molar-refractivity contribution in [3.05, 3.63) is 35.4 Å². The van der Waals surface area contributed by atoms with Crippen molar-refractivity contribution < 1.29 is 19.5 Å². The molecule has 1 atom stereocenters. The van der Waals surface area contributed by atoms with Crippen LogP contribution in [0.2, 0.25) is 0 Å². The van der Waals surface area contributed by atoms with E-state index in [4.69, 9.17) is 5.11 Å². The number of carbonyl (C=O) groups excluding carboxylic acids is 2. The van der Waals surface area contributed by atoms with Crippen LogP contribution in [0.4, 0.5) is 0 Å². The van der Waals surface area contributed by atoms with E-state index in [0.29, 0.717) is 11.1 Å². The second-order valence-corrected chi connectivity index (χ2v) is 6.32. The molecular formula is C15H16N4O4S. The van der Waals surface area contributed by atoms with E-state index < -0.39 is 17.1 Å². The number of carboxylic acids is 1. The average Bonchev–Trinajstić information content (AvgIpc) is 2.86. The molecule has 0 aliphatic carbocycles. The number of carboxylic acid groups (broad SMARTS) is 1. The lowest BCUT2D eigenvalue weighted by Crippen LogP contribution is -2.26. The van der Waals surface area contributed by atoms with Crippen LogP contribution in [0, 0.1) is 0 Å². The molecule has 126 valence electrons. The molecule has 0 bridgehead atoms. The largest absolute Gasteiger partial charge is 0.481 e. The Kier molecular flexibility index (Phi) is 5.69. The molecule has 1 aromatic rings. The van der Waals surface area contributed by atoms with E-state index in [0.717, 1.165) is 11.8 Å². The Balaban J connectivity index is 2.11. The van der Waals surface area contributed by atoms with Crippen LogP contribution >= 0.6 is 11.8 Å². The molecule has 0 radical (unpaired) electrons. The highest BCUT2D eigenvalue weighted by Gasteiger charge is 2.32. The number of benzene rings is 1. The van der Waals surface area contributed by atoms with Gasteiger partial charge in [-0.15, -0.1) is 5.10 Å². The Morgan fingerprint density at radius 2 is 2.08 bits per heavy atom. The molecule has 0 spiro atoms. The third kappa shape index (κ3) is 4.42. The summed E-state index contributed by atoms with van der Waals surface area (Å²) in [5.41, 5.74) is 1.08. The van der Waals surface area contributed by atoms with Gasteiger partial charge in [-0.2, -0.15) is 5.10 Å². The van der Waals surface area contributed by atoms with Gasteiger partial charge >= 0.3 is 5.97 Å². The van der Waals surface area contributed by atoms with Crippen molar-refractivity contribution >= 4 is 40.9 Å². The van der Waals surface area contributed by atoms with Gasteiger partial charge in [0.25, 0.3) is 5.91 Å². The molecule has 1 fully saturated rings. The number of amides is 2. The first-order valence-electron chi connectivity index (χ1n) is 6.99. The van der Waals surface area contributed by atoms with E-state index in [1.54, 1.807) is 38.4 Å². The molecule has 1 saturated heterocycles. The van der Waals surface area contributed by atoms with Crippen molar-refractivity contribution in [2.75, 3.05) is 14.1 Å². The summed E-state index contributed by atoms with van der Waals surface area (Å²) in [5, 5.41) is 18.5. The van der Waals surface area contributed by atoms with Gasteiger partial charge in [-0.1, -0.05) is 30.0 Å². The van der Waals surface area contributed by atoms with Crippen LogP contribution in [-0.4, -0.2) is 58.5 Å². The summed E-state index contributed by atoms with van der Waals surface area (Å²) in [6, 6.07) is 6.94. The van der Waals surface area contributed by atoms with Crippen molar-refractivity contribution in [1.82, 2.24) is 10.2 Å². The molecule has 1 aromatic carbocycles. The number of hydrogen-bond acceptors (Lipinski definition) is 6. The topological polar surface area (TPSA) is 111 Å². The minimum atomic E-state index is -1.05. The lowest BCUT2D eigenvalue weighted by atomic mass is 10.1. The maximum absolute atomic E-state index is 12.1. The van der Waals surface area contributed by atoms with Crippen molar-refractivity contribution in [3.8, 4) is 0 Å². The van der Waals surface area contributed by atoms with E-state index in [2.05, 4.69) is 15.5 Å². The Hall–Kier alpha value is -2.68. The Bertz CT molecular complexity index is 730. The van der Waals surface area contributed by atoms with Crippen molar-refractivity contribution in [2.45, 2.75) is 11.7 Å². The third-order valence-electron chi connectivity index (χ3n) is 3.08. The van der Waals surface area contributed by atoms with Crippen molar-refractivity contribution in [1.29, 1.82) is 0 Å². The van der Waals surface area contributed by atoms with Crippen LogP contribution in [-0.2, 0) is 9.59 Å². The minimum absolute atomic E-state index is 0.158. The number of carbonyl (C=O) groups is 3. The molecule has 0 aromatic heterocycles. The molecule has 2 amide bonds. The zero-order valence-electron chi connectivity index (χ0n) is 13.1. The monoisotopic (exact) mass is 348 g/mol. The Morgan fingerprint density at radius 3 is 2.75 bits per heavy atom. The summed E-state index contributed by atoms with van der Waals surface area (Å²) in [5.74, 6) is -1.61. The first kappa shape index (κ1) is 17.7. The fraction of sp³-hybridized carbons (Fsp3) is 0.267. The Morgan fingerprint density at radius 1 is 1.38 bits per heavy atom. The molecule has 2 rings (SSSR count). The van der Waals surface area contributed by atoms with E-state index in [-0.39, 0.29) is 17.5 Å². The van der Waals surface area contributed by atoms with Crippen LogP contribution in [0.1, 0.15) is 22.3 Å². The number of nitrogens with one attached hydrogen (secondary N) is 1. The molecule has 1 heterocycles. The number of thioether (sulfide) groups is 1. The first-order chi connectivity index (χ1) is 11.4. The quantitative estimate of drug-likeness (QED) is 0.603. The van der Waals surface area contributed by atoms with E-state index in [1.165, 1.54) is 11.1 Å². The van der Waals surface area contributed by atoms with Crippen molar-refractivity contribution in [3.63, 3.8) is 0 Å². The number of amidine groups is 1. The zero-order valence-corrected chi connectivity index (χ0v) is 13.9. The Labute approximate surface area is 142 Å². The minimum Gasteiger partial charge on any atom is -0.481 e. The van der Waals surface area contributed by atoms with Gasteiger partial charge in [-0.25, -0.2) is 0 Å². The van der Waals surface area contributed by atoms with Gasteiger partial charge in [-0.05, 0) is 6.07 Å². The molecule has 1 aliphatic heterocycles. The summed E-state index contributed by atoms with van der Waals surface area (Å²) in [7, 11) is 3.31. The highest BCUT2D eigenvalue weighted by molar-refractivity contribution is 8.15.